The first kappa shape index (κ1) is 24.3. The molecule has 3 aromatic rings. The van der Waals surface area contributed by atoms with E-state index < -0.39 is 11.9 Å². The van der Waals surface area contributed by atoms with Gasteiger partial charge in [0, 0.05) is 5.56 Å². The van der Waals surface area contributed by atoms with Crippen molar-refractivity contribution in [1.82, 2.24) is 15.1 Å². The van der Waals surface area contributed by atoms with Crippen molar-refractivity contribution in [2.75, 3.05) is 20.2 Å². The average molecular weight is 472 g/mol. The van der Waals surface area contributed by atoms with Crippen LogP contribution in [0.1, 0.15) is 24.0 Å². The van der Waals surface area contributed by atoms with Gasteiger partial charge in [-0.2, -0.15) is 5.10 Å². The van der Waals surface area contributed by atoms with Crippen molar-refractivity contribution in [2.45, 2.75) is 25.7 Å². The molecule has 0 amide bonds. The third-order valence-electron chi connectivity index (χ3n) is 5.25. The number of fused-ring (bicyclic) bond motifs is 1. The van der Waals surface area contributed by atoms with Crippen LogP contribution in [0.5, 0.6) is 5.75 Å². The van der Waals surface area contributed by atoms with E-state index in [1.807, 2.05) is 47.3 Å². The number of nitrogens with one attached hydrogen (secondary N) is 1. The summed E-state index contributed by atoms with van der Waals surface area (Å²) in [5.41, 5.74) is 5.74. The lowest BCUT2D eigenvalue weighted by molar-refractivity contribution is -0.143. The minimum Gasteiger partial charge on any atom is -0.497 e. The van der Waals surface area contributed by atoms with Crippen LogP contribution in [0.4, 0.5) is 0 Å². The monoisotopic (exact) mass is 471 g/mol. The van der Waals surface area contributed by atoms with E-state index in [0.717, 1.165) is 53.6 Å². The Morgan fingerprint density at radius 2 is 1.70 bits per heavy atom. The van der Waals surface area contributed by atoms with Gasteiger partial charge in [0.05, 0.1) is 42.6 Å². The zero-order chi connectivity index (χ0) is 23.8. The molecule has 2 heterocycles. The topological polar surface area (TPSA) is 114 Å². The molecule has 0 aliphatic carbocycles. The molecule has 9 heteroatoms. The maximum absolute atomic E-state index is 9.64. The van der Waals surface area contributed by atoms with Crippen molar-refractivity contribution in [1.29, 1.82) is 0 Å². The smallest absolute Gasteiger partial charge is 0.303 e. The van der Waals surface area contributed by atoms with Crippen LogP contribution in [0.2, 0.25) is 5.02 Å². The minimum absolute atomic E-state index is 0.296. The van der Waals surface area contributed by atoms with Gasteiger partial charge in [0.15, 0.2) is 0 Å². The fraction of sp³-hybridized carbons (Fsp3) is 0.292. The van der Waals surface area contributed by atoms with Gasteiger partial charge in [-0.25, -0.2) is 4.68 Å². The zero-order valence-electron chi connectivity index (χ0n) is 18.3. The Morgan fingerprint density at radius 1 is 1.03 bits per heavy atom. The summed E-state index contributed by atoms with van der Waals surface area (Å²) in [5, 5.41) is 24.6. The Morgan fingerprint density at radius 3 is 2.33 bits per heavy atom. The van der Waals surface area contributed by atoms with Gasteiger partial charge in [-0.15, -0.1) is 0 Å². The van der Waals surface area contributed by atoms with Crippen molar-refractivity contribution >= 4 is 23.5 Å². The summed E-state index contributed by atoms with van der Waals surface area (Å²) in [7, 11) is 1.67. The zero-order valence-corrected chi connectivity index (χ0v) is 19.0. The summed E-state index contributed by atoms with van der Waals surface area (Å²) in [6.07, 6.45) is 3.20. The molecule has 0 fully saturated rings. The third-order valence-corrected chi connectivity index (χ3v) is 5.55. The Balaban J connectivity index is 0.000000331. The molecule has 1 aliphatic heterocycles. The lowest BCUT2D eigenvalue weighted by atomic mass is 10.0. The van der Waals surface area contributed by atoms with Gasteiger partial charge in [0.1, 0.15) is 5.75 Å². The lowest BCUT2D eigenvalue weighted by Crippen LogP contribution is -2.16. The molecule has 33 heavy (non-hydrogen) atoms. The highest BCUT2D eigenvalue weighted by molar-refractivity contribution is 6.32. The first-order chi connectivity index (χ1) is 15.9. The van der Waals surface area contributed by atoms with Gasteiger partial charge in [-0.05, 0) is 73.5 Å². The van der Waals surface area contributed by atoms with Crippen LogP contribution < -0.4 is 10.1 Å². The number of aliphatic carboxylic acids is 2. The van der Waals surface area contributed by atoms with Crippen LogP contribution in [0.25, 0.3) is 16.9 Å². The molecule has 3 N–H and O–H groups in total. The van der Waals surface area contributed by atoms with E-state index in [2.05, 4.69) is 16.5 Å². The second-order valence-electron chi connectivity index (χ2n) is 7.43. The Hall–Kier alpha value is -3.36. The SMILES string of the molecule is COc1ccc(-c2ccnn2-c2c(Cl)ccc3c2CCNCC3)cc1.O=C(O)CCC(=O)O. The number of rotatable bonds is 6. The molecule has 1 aliphatic rings. The second-order valence-corrected chi connectivity index (χ2v) is 7.84. The molecule has 0 atom stereocenters. The van der Waals surface area contributed by atoms with Crippen molar-refractivity contribution < 1.29 is 24.5 Å². The van der Waals surface area contributed by atoms with E-state index in [0.29, 0.717) is 0 Å². The Kier molecular flexibility index (Phi) is 8.46. The number of halogens is 1. The van der Waals surface area contributed by atoms with Gasteiger partial charge in [0.2, 0.25) is 0 Å². The summed E-state index contributed by atoms with van der Waals surface area (Å²) < 4.78 is 7.22. The highest BCUT2D eigenvalue weighted by Crippen LogP contribution is 2.33. The van der Waals surface area contributed by atoms with Gasteiger partial charge in [-0.3, -0.25) is 9.59 Å². The van der Waals surface area contributed by atoms with E-state index in [-0.39, 0.29) is 12.8 Å². The average Bonchev–Trinajstić information content (AvgIpc) is 3.16. The van der Waals surface area contributed by atoms with E-state index in [1.165, 1.54) is 11.1 Å². The number of aromatic nitrogens is 2. The molecular formula is C24H26ClN3O5. The largest absolute Gasteiger partial charge is 0.497 e. The van der Waals surface area contributed by atoms with Crippen LogP contribution >= 0.6 is 11.6 Å². The molecular weight excluding hydrogens is 446 g/mol. The first-order valence-corrected chi connectivity index (χ1v) is 10.9. The summed E-state index contributed by atoms with van der Waals surface area (Å²) in [5.74, 6) is -1.31. The maximum Gasteiger partial charge on any atom is 0.303 e. The predicted octanol–water partition coefficient (Wildman–Crippen LogP) is 3.83. The molecule has 0 saturated carbocycles. The second kappa shape index (κ2) is 11.5. The Labute approximate surface area is 196 Å². The van der Waals surface area contributed by atoms with Gasteiger partial charge in [-0.1, -0.05) is 17.7 Å². The number of benzene rings is 2. The van der Waals surface area contributed by atoms with Crippen LogP contribution in [0.3, 0.4) is 0 Å². The fourth-order valence-corrected chi connectivity index (χ4v) is 3.89. The van der Waals surface area contributed by atoms with Gasteiger partial charge in [0.25, 0.3) is 0 Å². The first-order valence-electron chi connectivity index (χ1n) is 10.5. The minimum atomic E-state index is -1.08. The lowest BCUT2D eigenvalue weighted by Gasteiger charge is -2.17. The third kappa shape index (κ3) is 6.34. The molecule has 1 aromatic heterocycles. The molecule has 8 nitrogen and oxygen atoms in total. The highest BCUT2D eigenvalue weighted by Gasteiger charge is 2.19. The van der Waals surface area contributed by atoms with Crippen molar-refractivity contribution in [3.63, 3.8) is 0 Å². The van der Waals surface area contributed by atoms with E-state index >= 15 is 0 Å². The van der Waals surface area contributed by atoms with E-state index in [9.17, 15) is 9.59 Å². The number of methoxy groups -OCH3 is 1. The van der Waals surface area contributed by atoms with Gasteiger partial charge >= 0.3 is 11.9 Å². The van der Waals surface area contributed by atoms with Gasteiger partial charge < -0.3 is 20.3 Å². The van der Waals surface area contributed by atoms with Crippen LogP contribution in [0.15, 0.2) is 48.7 Å². The van der Waals surface area contributed by atoms with Crippen molar-refractivity contribution in [3.8, 4) is 22.7 Å². The molecule has 0 radical (unpaired) electrons. The molecule has 0 spiro atoms. The number of hydrogen-bond donors (Lipinski definition) is 3. The summed E-state index contributed by atoms with van der Waals surface area (Å²) in [4.78, 5) is 19.3. The van der Waals surface area contributed by atoms with Crippen LogP contribution in [-0.4, -0.2) is 52.1 Å². The summed E-state index contributed by atoms with van der Waals surface area (Å²) >= 11 is 6.61. The molecule has 0 saturated heterocycles. The molecule has 0 unspecified atom stereocenters. The molecule has 4 rings (SSSR count). The number of nitrogens with zero attached hydrogens (tertiary/aromatic N) is 2. The predicted molar refractivity (Wildman–Crippen MR) is 125 cm³/mol. The Bertz CT molecular complexity index is 1100. The fourth-order valence-electron chi connectivity index (χ4n) is 3.63. The summed E-state index contributed by atoms with van der Waals surface area (Å²) in [6, 6.07) is 14.2. The number of ether oxygens (including phenoxy) is 1. The van der Waals surface area contributed by atoms with Crippen LogP contribution in [-0.2, 0) is 22.4 Å². The van der Waals surface area contributed by atoms with Crippen molar-refractivity contribution in [2.24, 2.45) is 0 Å². The van der Waals surface area contributed by atoms with E-state index in [4.69, 9.17) is 26.6 Å². The van der Waals surface area contributed by atoms with E-state index in [1.54, 1.807) is 7.11 Å². The summed E-state index contributed by atoms with van der Waals surface area (Å²) in [6.45, 7) is 1.96. The normalized spacial score (nSPS) is 12.7. The standard InChI is InChI=1S/C20H20ClN3O.C4H6O4/c1-25-16-5-2-15(3-6-16)19-10-13-23-24(19)20-17-9-12-22-11-8-14(17)4-7-18(20)21;5-3(6)1-2-4(7)8/h2-7,10,13,22H,8-9,11-12H2,1H3;1-2H2,(H,5,6)(H,7,8). The number of carbonyl (C=O) groups is 2. The highest BCUT2D eigenvalue weighted by atomic mass is 35.5. The quantitative estimate of drug-likeness (QED) is 0.500. The molecule has 174 valence electrons. The van der Waals surface area contributed by atoms with Crippen LogP contribution in [0, 0.1) is 0 Å². The molecule has 2 aromatic carbocycles. The number of carboxylic acid groups (broad SMARTS) is 2. The maximum atomic E-state index is 9.64. The molecule has 0 bridgehead atoms. The number of carboxylic acids is 2. The number of hydrogen-bond acceptors (Lipinski definition) is 5. The van der Waals surface area contributed by atoms with Crippen molar-refractivity contribution in [3.05, 3.63) is 64.8 Å².